The van der Waals surface area contributed by atoms with E-state index in [0.717, 1.165) is 61.6 Å². The van der Waals surface area contributed by atoms with Gasteiger partial charge in [-0.05, 0) is 57.1 Å². The Labute approximate surface area is 177 Å². The molecule has 0 radical (unpaired) electrons. The summed E-state index contributed by atoms with van der Waals surface area (Å²) in [7, 11) is 1.36. The predicted octanol–water partition coefficient (Wildman–Crippen LogP) is 4.57. The number of ether oxygens (including phenoxy) is 3. The van der Waals surface area contributed by atoms with E-state index in [1.807, 2.05) is 26.0 Å². The number of rotatable bonds is 7. The third kappa shape index (κ3) is 4.56. The first-order valence-corrected chi connectivity index (χ1v) is 10.7. The number of benzene rings is 1. The zero-order chi connectivity index (χ0) is 21.1. The average molecular weight is 412 g/mol. The predicted molar refractivity (Wildman–Crippen MR) is 114 cm³/mol. The van der Waals surface area contributed by atoms with Crippen LogP contribution < -0.4 is 10.1 Å². The minimum atomic E-state index is -0.501. The lowest BCUT2D eigenvalue weighted by Crippen LogP contribution is -2.17. The van der Waals surface area contributed by atoms with E-state index in [9.17, 15) is 4.79 Å². The fourth-order valence-corrected chi connectivity index (χ4v) is 3.79. The van der Waals surface area contributed by atoms with Gasteiger partial charge in [0.05, 0.1) is 30.8 Å². The number of esters is 1. The maximum Gasteiger partial charge on any atom is 0.360 e. The number of carbonyl (C=O) groups is 1. The van der Waals surface area contributed by atoms with Crippen molar-refractivity contribution in [1.82, 2.24) is 9.97 Å². The van der Waals surface area contributed by atoms with E-state index in [2.05, 4.69) is 21.4 Å². The second kappa shape index (κ2) is 9.00. The Morgan fingerprint density at radius 3 is 2.60 bits per heavy atom. The van der Waals surface area contributed by atoms with Crippen LogP contribution in [0.5, 0.6) is 5.75 Å². The van der Waals surface area contributed by atoms with Crippen molar-refractivity contribution in [2.24, 2.45) is 0 Å². The molecule has 0 bridgehead atoms. The van der Waals surface area contributed by atoms with Gasteiger partial charge < -0.3 is 19.5 Å². The molecule has 2 fully saturated rings. The molecule has 160 valence electrons. The van der Waals surface area contributed by atoms with Crippen molar-refractivity contribution >= 4 is 17.5 Å². The quantitative estimate of drug-likeness (QED) is 0.669. The molecule has 1 aliphatic carbocycles. The van der Waals surface area contributed by atoms with Crippen LogP contribution in [0.3, 0.4) is 0 Å². The molecular weight excluding hydrogens is 382 g/mol. The van der Waals surface area contributed by atoms with E-state index in [1.165, 1.54) is 7.11 Å². The Bertz CT molecular complexity index is 905. The van der Waals surface area contributed by atoms with Crippen LogP contribution in [0.1, 0.15) is 73.1 Å². The minimum Gasteiger partial charge on any atom is -0.489 e. The van der Waals surface area contributed by atoms with Gasteiger partial charge in [0.25, 0.3) is 0 Å². The molecule has 2 aromatic rings. The molecule has 0 spiro atoms. The Hall–Kier alpha value is -2.67. The molecule has 1 N–H and O–H groups in total. The average Bonchev–Trinajstić information content (AvgIpc) is 3.60. The molecule has 0 unspecified atom stereocenters. The van der Waals surface area contributed by atoms with Crippen LogP contribution in [0.15, 0.2) is 24.4 Å². The Morgan fingerprint density at radius 1 is 1.17 bits per heavy atom. The molecule has 1 aromatic carbocycles. The highest BCUT2D eigenvalue weighted by molar-refractivity contribution is 5.93. The normalized spacial score (nSPS) is 17.1. The highest BCUT2D eigenvalue weighted by Gasteiger charge is 2.28. The van der Waals surface area contributed by atoms with Crippen molar-refractivity contribution in [3.8, 4) is 5.75 Å². The number of carbonyl (C=O) groups excluding carboxylic acids is 1. The maximum atomic E-state index is 12.4. The summed E-state index contributed by atoms with van der Waals surface area (Å²) in [4.78, 5) is 21.5. The maximum absolute atomic E-state index is 12.4. The van der Waals surface area contributed by atoms with Crippen LogP contribution in [0.4, 0.5) is 11.5 Å². The van der Waals surface area contributed by atoms with Gasteiger partial charge in [0.2, 0.25) is 0 Å². The SMILES string of the molecule is COC(=O)c1nc(C2CC2)cnc1Nc1cccc(C2CCOCC2)c1OC(C)C. The van der Waals surface area contributed by atoms with Crippen molar-refractivity contribution in [3.63, 3.8) is 0 Å². The summed E-state index contributed by atoms with van der Waals surface area (Å²) >= 11 is 0. The van der Waals surface area contributed by atoms with E-state index in [0.29, 0.717) is 17.7 Å². The second-order valence-electron chi connectivity index (χ2n) is 8.16. The number of hydrogen-bond acceptors (Lipinski definition) is 7. The fraction of sp³-hybridized carbons (Fsp3) is 0.522. The highest BCUT2D eigenvalue weighted by Crippen LogP contribution is 2.41. The molecule has 1 aromatic heterocycles. The molecule has 30 heavy (non-hydrogen) atoms. The molecule has 0 atom stereocenters. The first-order chi connectivity index (χ1) is 14.6. The topological polar surface area (TPSA) is 82.6 Å². The number of aromatic nitrogens is 2. The van der Waals surface area contributed by atoms with Crippen LogP contribution >= 0.6 is 0 Å². The summed E-state index contributed by atoms with van der Waals surface area (Å²) in [6, 6.07) is 6.06. The number of hydrogen-bond donors (Lipinski definition) is 1. The minimum absolute atomic E-state index is 0.00921. The summed E-state index contributed by atoms with van der Waals surface area (Å²) in [6.45, 7) is 5.53. The van der Waals surface area contributed by atoms with Crippen LogP contribution in [0.2, 0.25) is 0 Å². The lowest BCUT2D eigenvalue weighted by Gasteiger charge is -2.27. The van der Waals surface area contributed by atoms with Crippen LogP contribution in [0, 0.1) is 0 Å². The Kier molecular flexibility index (Phi) is 6.18. The lowest BCUT2D eigenvalue weighted by atomic mass is 9.90. The zero-order valence-corrected chi connectivity index (χ0v) is 17.8. The first kappa shape index (κ1) is 20.6. The van der Waals surface area contributed by atoms with Crippen molar-refractivity contribution in [2.75, 3.05) is 25.6 Å². The lowest BCUT2D eigenvalue weighted by molar-refractivity contribution is 0.0594. The molecule has 4 rings (SSSR count). The molecule has 1 aliphatic heterocycles. The van der Waals surface area contributed by atoms with E-state index in [4.69, 9.17) is 14.2 Å². The van der Waals surface area contributed by atoms with Crippen LogP contribution in [-0.2, 0) is 9.47 Å². The van der Waals surface area contributed by atoms with Gasteiger partial charge in [-0.2, -0.15) is 0 Å². The van der Waals surface area contributed by atoms with Gasteiger partial charge in [0.1, 0.15) is 5.75 Å². The summed E-state index contributed by atoms with van der Waals surface area (Å²) in [6.07, 6.45) is 5.85. The third-order valence-electron chi connectivity index (χ3n) is 5.48. The van der Waals surface area contributed by atoms with Crippen molar-refractivity contribution in [2.45, 2.75) is 57.5 Å². The van der Waals surface area contributed by atoms with Gasteiger partial charge in [0.15, 0.2) is 11.5 Å². The second-order valence-corrected chi connectivity index (χ2v) is 8.16. The molecule has 7 heteroatoms. The van der Waals surface area contributed by atoms with E-state index < -0.39 is 5.97 Å². The fourth-order valence-electron chi connectivity index (χ4n) is 3.79. The number of methoxy groups -OCH3 is 1. The summed E-state index contributed by atoms with van der Waals surface area (Å²) in [5.74, 6) is 1.44. The van der Waals surface area contributed by atoms with Crippen LogP contribution in [0.25, 0.3) is 0 Å². The molecule has 1 saturated heterocycles. The van der Waals surface area contributed by atoms with E-state index in [-0.39, 0.29) is 11.8 Å². The summed E-state index contributed by atoms with van der Waals surface area (Å²) in [5.41, 5.74) is 2.97. The zero-order valence-electron chi connectivity index (χ0n) is 17.8. The van der Waals surface area contributed by atoms with Gasteiger partial charge in [-0.3, -0.25) is 0 Å². The van der Waals surface area contributed by atoms with Gasteiger partial charge in [0, 0.05) is 19.1 Å². The van der Waals surface area contributed by atoms with Crippen LogP contribution in [-0.4, -0.2) is 42.4 Å². The molecule has 2 aliphatic rings. The third-order valence-corrected chi connectivity index (χ3v) is 5.48. The van der Waals surface area contributed by atoms with Gasteiger partial charge in [-0.1, -0.05) is 12.1 Å². The summed E-state index contributed by atoms with van der Waals surface area (Å²) in [5, 5.41) is 3.30. The van der Waals surface area contributed by atoms with Gasteiger partial charge >= 0.3 is 5.97 Å². The number of anilines is 2. The van der Waals surface area contributed by atoms with E-state index >= 15 is 0 Å². The molecule has 1 saturated carbocycles. The first-order valence-electron chi connectivity index (χ1n) is 10.7. The van der Waals surface area contributed by atoms with Crippen molar-refractivity contribution in [3.05, 3.63) is 41.3 Å². The number of nitrogens with one attached hydrogen (secondary N) is 1. The summed E-state index contributed by atoms with van der Waals surface area (Å²) < 4.78 is 16.7. The molecule has 7 nitrogen and oxygen atoms in total. The molecular formula is C23H29N3O4. The Balaban J connectivity index is 1.70. The Morgan fingerprint density at radius 2 is 1.93 bits per heavy atom. The smallest absolute Gasteiger partial charge is 0.360 e. The standard InChI is InChI=1S/C23H29N3O4/c1-14(2)30-21-17(15-9-11-29-12-10-15)5-4-6-18(21)26-22-20(23(27)28-3)25-19(13-24-22)16-7-8-16/h4-6,13-16H,7-12H2,1-3H3,(H,24,26). The molecule has 0 amide bonds. The number of para-hydroxylation sites is 1. The van der Waals surface area contributed by atoms with Crippen molar-refractivity contribution in [1.29, 1.82) is 0 Å². The van der Waals surface area contributed by atoms with Gasteiger partial charge in [-0.15, -0.1) is 0 Å². The van der Waals surface area contributed by atoms with E-state index in [1.54, 1.807) is 6.20 Å². The van der Waals surface area contributed by atoms with Gasteiger partial charge in [-0.25, -0.2) is 14.8 Å². The molecule has 2 heterocycles. The largest absolute Gasteiger partial charge is 0.489 e. The highest BCUT2D eigenvalue weighted by atomic mass is 16.5. The number of nitrogens with zero attached hydrogens (tertiary/aromatic N) is 2. The monoisotopic (exact) mass is 411 g/mol. The van der Waals surface area contributed by atoms with Crippen molar-refractivity contribution < 1.29 is 19.0 Å².